The molecular weight excluding hydrogens is 174 g/mol. The van der Waals surface area contributed by atoms with Crippen molar-refractivity contribution in [2.75, 3.05) is 5.73 Å². The number of nitrogens with two attached hydrogens (primary N) is 1. The minimum atomic E-state index is 0.754. The molecule has 2 rings (SSSR count). The van der Waals surface area contributed by atoms with Crippen LogP contribution in [0.25, 0.3) is 0 Å². The maximum Gasteiger partial charge on any atom is 0.0632 e. The largest absolute Gasteiger partial charge is 0.399 e. The van der Waals surface area contributed by atoms with Crippen LogP contribution in [0.15, 0.2) is 47.6 Å². The topological polar surface area (TPSA) is 54.2 Å². The Kier molecular flexibility index (Phi) is 2.32. The zero-order chi connectivity index (χ0) is 9.80. The van der Waals surface area contributed by atoms with Crippen LogP contribution in [0.3, 0.4) is 0 Å². The van der Waals surface area contributed by atoms with Gasteiger partial charge in [0, 0.05) is 11.9 Å². The number of hydrogen-bond acceptors (Lipinski definition) is 2. The lowest BCUT2D eigenvalue weighted by Gasteiger charge is -1.93. The fourth-order valence-electron chi connectivity index (χ4n) is 1.13. The number of rotatable bonds is 2. The minimum absolute atomic E-state index is 0.754. The van der Waals surface area contributed by atoms with E-state index in [1.54, 1.807) is 6.21 Å². The van der Waals surface area contributed by atoms with E-state index < -0.39 is 0 Å². The van der Waals surface area contributed by atoms with E-state index in [4.69, 9.17) is 5.73 Å². The van der Waals surface area contributed by atoms with Gasteiger partial charge in [0.1, 0.15) is 0 Å². The first-order chi connectivity index (χ1) is 6.84. The molecule has 3 heteroatoms. The van der Waals surface area contributed by atoms with Crippen molar-refractivity contribution in [3.63, 3.8) is 0 Å². The molecule has 1 aromatic carbocycles. The van der Waals surface area contributed by atoms with Gasteiger partial charge in [0.2, 0.25) is 0 Å². The molecule has 70 valence electrons. The molecule has 0 bridgehead atoms. The molecule has 2 aromatic rings. The Morgan fingerprint density at radius 2 is 1.93 bits per heavy atom. The molecule has 0 spiro atoms. The van der Waals surface area contributed by atoms with Crippen LogP contribution < -0.4 is 5.73 Å². The molecular formula is C11H11N3. The molecule has 3 nitrogen and oxygen atoms in total. The quantitative estimate of drug-likeness (QED) is 0.547. The van der Waals surface area contributed by atoms with Crippen LogP contribution >= 0.6 is 0 Å². The maximum atomic E-state index is 5.56. The Balaban J connectivity index is 2.15. The summed E-state index contributed by atoms with van der Waals surface area (Å²) in [6.07, 6.45) is 3.65. The second-order valence-electron chi connectivity index (χ2n) is 2.98. The fourth-order valence-corrected chi connectivity index (χ4v) is 1.13. The van der Waals surface area contributed by atoms with Crippen molar-refractivity contribution in [3.8, 4) is 0 Å². The van der Waals surface area contributed by atoms with E-state index in [0.717, 1.165) is 17.1 Å². The summed E-state index contributed by atoms with van der Waals surface area (Å²) in [6, 6.07) is 11.3. The molecule has 0 aliphatic carbocycles. The predicted molar refractivity (Wildman–Crippen MR) is 58.9 cm³/mol. The molecule has 1 heterocycles. The first kappa shape index (κ1) is 8.56. The third-order valence-corrected chi connectivity index (χ3v) is 1.87. The standard InChI is InChI=1S/C11H11N3/c12-9-3-5-10(6-4-9)14-8-11-2-1-7-13-11/h1-8,13H,12H2. The lowest BCUT2D eigenvalue weighted by atomic mass is 10.3. The van der Waals surface area contributed by atoms with Crippen LogP contribution in [0.4, 0.5) is 11.4 Å². The number of nitrogens with one attached hydrogen (secondary N) is 1. The summed E-state index contributed by atoms with van der Waals surface area (Å²) in [6.45, 7) is 0. The molecule has 3 N–H and O–H groups in total. The van der Waals surface area contributed by atoms with Crippen LogP contribution in [-0.4, -0.2) is 11.2 Å². The lowest BCUT2D eigenvalue weighted by molar-refractivity contribution is 1.38. The fraction of sp³-hybridized carbons (Fsp3) is 0. The van der Waals surface area contributed by atoms with E-state index in [1.807, 2.05) is 42.6 Å². The summed E-state index contributed by atoms with van der Waals surface area (Å²) in [5, 5.41) is 0. The highest BCUT2D eigenvalue weighted by atomic mass is 14.8. The van der Waals surface area contributed by atoms with Gasteiger partial charge >= 0.3 is 0 Å². The number of nitrogens with zero attached hydrogens (tertiary/aromatic N) is 1. The van der Waals surface area contributed by atoms with Gasteiger partial charge in [-0.1, -0.05) is 0 Å². The Morgan fingerprint density at radius 1 is 1.14 bits per heavy atom. The Hall–Kier alpha value is -2.03. The van der Waals surface area contributed by atoms with E-state index in [1.165, 1.54) is 0 Å². The number of aromatic nitrogens is 1. The third-order valence-electron chi connectivity index (χ3n) is 1.87. The van der Waals surface area contributed by atoms with Gasteiger partial charge in [0.15, 0.2) is 0 Å². The zero-order valence-corrected chi connectivity index (χ0v) is 7.64. The number of anilines is 1. The normalized spacial score (nSPS) is 10.9. The Morgan fingerprint density at radius 3 is 2.57 bits per heavy atom. The number of benzene rings is 1. The molecule has 0 fully saturated rings. The van der Waals surface area contributed by atoms with Crippen LogP contribution in [0, 0.1) is 0 Å². The van der Waals surface area contributed by atoms with Crippen molar-refractivity contribution in [1.29, 1.82) is 0 Å². The molecule has 14 heavy (non-hydrogen) atoms. The van der Waals surface area contributed by atoms with E-state index >= 15 is 0 Å². The van der Waals surface area contributed by atoms with E-state index in [9.17, 15) is 0 Å². The summed E-state index contributed by atoms with van der Waals surface area (Å²) in [7, 11) is 0. The van der Waals surface area contributed by atoms with Gasteiger partial charge in [-0.25, -0.2) is 0 Å². The smallest absolute Gasteiger partial charge is 0.0632 e. The second kappa shape index (κ2) is 3.79. The molecule has 0 aliphatic rings. The van der Waals surface area contributed by atoms with Crippen LogP contribution in [0.2, 0.25) is 0 Å². The Bertz CT molecular complexity index is 412. The molecule has 0 saturated carbocycles. The van der Waals surface area contributed by atoms with Crippen LogP contribution in [0.1, 0.15) is 5.69 Å². The molecule has 0 aliphatic heterocycles. The van der Waals surface area contributed by atoms with Crippen molar-refractivity contribution in [2.45, 2.75) is 0 Å². The molecule has 0 amide bonds. The number of H-pyrrole nitrogens is 1. The van der Waals surface area contributed by atoms with Crippen LogP contribution in [0.5, 0.6) is 0 Å². The first-order valence-electron chi connectivity index (χ1n) is 4.37. The molecule has 0 saturated heterocycles. The highest BCUT2D eigenvalue weighted by Crippen LogP contribution is 2.13. The SMILES string of the molecule is Nc1ccc(N=Cc2ccc[nH]2)cc1. The van der Waals surface area contributed by atoms with E-state index in [2.05, 4.69) is 9.98 Å². The van der Waals surface area contributed by atoms with E-state index in [0.29, 0.717) is 0 Å². The summed E-state index contributed by atoms with van der Waals surface area (Å²) >= 11 is 0. The number of hydrogen-bond donors (Lipinski definition) is 2. The second-order valence-corrected chi connectivity index (χ2v) is 2.98. The van der Waals surface area contributed by atoms with Crippen molar-refractivity contribution < 1.29 is 0 Å². The van der Waals surface area contributed by atoms with Gasteiger partial charge in [-0.05, 0) is 36.4 Å². The molecule has 0 atom stereocenters. The van der Waals surface area contributed by atoms with Gasteiger partial charge in [-0.3, -0.25) is 4.99 Å². The first-order valence-corrected chi connectivity index (χ1v) is 4.37. The van der Waals surface area contributed by atoms with Gasteiger partial charge in [0.05, 0.1) is 17.6 Å². The highest BCUT2D eigenvalue weighted by Gasteiger charge is 1.88. The van der Waals surface area contributed by atoms with Crippen molar-refractivity contribution in [3.05, 3.63) is 48.3 Å². The van der Waals surface area contributed by atoms with Crippen LogP contribution in [-0.2, 0) is 0 Å². The average molecular weight is 185 g/mol. The van der Waals surface area contributed by atoms with Crippen molar-refractivity contribution in [2.24, 2.45) is 4.99 Å². The lowest BCUT2D eigenvalue weighted by Crippen LogP contribution is -1.82. The summed E-state index contributed by atoms with van der Waals surface area (Å²) in [5.74, 6) is 0. The minimum Gasteiger partial charge on any atom is -0.399 e. The highest BCUT2D eigenvalue weighted by molar-refractivity contribution is 5.79. The third kappa shape index (κ3) is 2.01. The van der Waals surface area contributed by atoms with Gasteiger partial charge in [-0.15, -0.1) is 0 Å². The van der Waals surface area contributed by atoms with Gasteiger partial charge in [-0.2, -0.15) is 0 Å². The zero-order valence-electron chi connectivity index (χ0n) is 7.64. The van der Waals surface area contributed by atoms with E-state index in [-0.39, 0.29) is 0 Å². The molecule has 0 unspecified atom stereocenters. The summed E-state index contributed by atoms with van der Waals surface area (Å²) in [4.78, 5) is 7.32. The van der Waals surface area contributed by atoms with Crippen molar-refractivity contribution >= 4 is 17.6 Å². The Labute approximate surface area is 82.3 Å². The number of aromatic amines is 1. The van der Waals surface area contributed by atoms with Gasteiger partial charge in [0.25, 0.3) is 0 Å². The molecule has 1 aromatic heterocycles. The van der Waals surface area contributed by atoms with Gasteiger partial charge < -0.3 is 10.7 Å². The van der Waals surface area contributed by atoms with Crippen molar-refractivity contribution in [1.82, 2.24) is 4.98 Å². The molecule has 0 radical (unpaired) electrons. The summed E-state index contributed by atoms with van der Waals surface area (Å²) < 4.78 is 0. The number of nitrogen functional groups attached to an aromatic ring is 1. The summed E-state index contributed by atoms with van der Waals surface area (Å²) in [5.41, 5.74) is 8.20. The monoisotopic (exact) mass is 185 g/mol. The average Bonchev–Trinajstić information content (AvgIpc) is 2.70. The number of aliphatic imine (C=N–C) groups is 1. The maximum absolute atomic E-state index is 5.56. The predicted octanol–water partition coefficient (Wildman–Crippen LogP) is 2.35.